The van der Waals surface area contributed by atoms with E-state index in [9.17, 15) is 4.79 Å². The zero-order valence-electron chi connectivity index (χ0n) is 13.4. The summed E-state index contributed by atoms with van der Waals surface area (Å²) in [5.41, 5.74) is 3.89. The van der Waals surface area contributed by atoms with E-state index in [0.717, 1.165) is 17.5 Å². The molecule has 0 spiro atoms. The molecule has 0 unspecified atom stereocenters. The van der Waals surface area contributed by atoms with Crippen LogP contribution in [-0.4, -0.2) is 5.78 Å². The van der Waals surface area contributed by atoms with Gasteiger partial charge in [0.2, 0.25) is 0 Å². The molecule has 0 bridgehead atoms. The fourth-order valence-electron chi connectivity index (χ4n) is 2.70. The molecule has 2 heteroatoms. The van der Waals surface area contributed by atoms with Crippen molar-refractivity contribution in [2.24, 2.45) is 0 Å². The van der Waals surface area contributed by atoms with Crippen molar-refractivity contribution in [2.75, 3.05) is 0 Å². The van der Waals surface area contributed by atoms with Gasteiger partial charge in [0.15, 0.2) is 5.78 Å². The molecule has 0 aromatic heterocycles. The number of rotatable bonds is 7. The van der Waals surface area contributed by atoms with Gasteiger partial charge in [-0.1, -0.05) is 56.0 Å². The molecule has 0 aliphatic heterocycles. The van der Waals surface area contributed by atoms with Gasteiger partial charge in [-0.2, -0.15) is 0 Å². The van der Waals surface area contributed by atoms with E-state index in [0.29, 0.717) is 10.6 Å². The average molecular weight is 315 g/mol. The quantitative estimate of drug-likeness (QED) is 0.452. The molecule has 0 atom stereocenters. The molecule has 1 nitrogen and oxygen atoms in total. The van der Waals surface area contributed by atoms with E-state index in [4.69, 9.17) is 11.6 Å². The Bertz CT molecular complexity index is 629. The summed E-state index contributed by atoms with van der Waals surface area (Å²) in [7, 11) is 0. The second-order valence-corrected chi connectivity index (χ2v) is 6.17. The van der Waals surface area contributed by atoms with Crippen LogP contribution in [0.3, 0.4) is 0 Å². The van der Waals surface area contributed by atoms with Crippen molar-refractivity contribution < 1.29 is 4.79 Å². The van der Waals surface area contributed by atoms with Crippen LogP contribution >= 0.6 is 11.6 Å². The van der Waals surface area contributed by atoms with Crippen LogP contribution in [0.15, 0.2) is 42.5 Å². The van der Waals surface area contributed by atoms with Crippen LogP contribution in [0.25, 0.3) is 0 Å². The van der Waals surface area contributed by atoms with E-state index in [2.05, 4.69) is 19.9 Å². The molecule has 2 rings (SSSR count). The van der Waals surface area contributed by atoms with Gasteiger partial charge in [-0.25, -0.2) is 0 Å². The van der Waals surface area contributed by atoms with Gasteiger partial charge in [0.1, 0.15) is 0 Å². The van der Waals surface area contributed by atoms with Crippen LogP contribution in [0.5, 0.6) is 0 Å². The van der Waals surface area contributed by atoms with Crippen molar-refractivity contribution in [3.05, 3.63) is 69.7 Å². The first kappa shape index (κ1) is 16.8. The lowest BCUT2D eigenvalue weighted by Crippen LogP contribution is -2.05. The van der Waals surface area contributed by atoms with Crippen molar-refractivity contribution >= 4 is 17.4 Å². The molecule has 0 saturated carbocycles. The van der Waals surface area contributed by atoms with Gasteiger partial charge in [-0.05, 0) is 55.2 Å². The molecule has 116 valence electrons. The fraction of sp³-hybridized carbons (Fsp3) is 0.350. The normalized spacial score (nSPS) is 10.7. The summed E-state index contributed by atoms with van der Waals surface area (Å²) in [4.78, 5) is 12.7. The highest BCUT2D eigenvalue weighted by Crippen LogP contribution is 2.21. The largest absolute Gasteiger partial charge is 0.289 e. The van der Waals surface area contributed by atoms with Crippen molar-refractivity contribution in [3.63, 3.8) is 0 Å². The molecule has 0 fully saturated rings. The third-order valence-corrected chi connectivity index (χ3v) is 4.35. The fourth-order valence-corrected chi connectivity index (χ4v) is 2.83. The molecular weight excluding hydrogens is 292 g/mol. The maximum Gasteiger partial charge on any atom is 0.193 e. The summed E-state index contributed by atoms with van der Waals surface area (Å²) in [6, 6.07) is 13.2. The molecule has 0 saturated heterocycles. The highest BCUT2D eigenvalue weighted by atomic mass is 35.5. The van der Waals surface area contributed by atoms with Gasteiger partial charge >= 0.3 is 0 Å². The number of ketones is 1. The highest BCUT2D eigenvalue weighted by Gasteiger charge is 2.13. The Hall–Kier alpha value is -1.60. The van der Waals surface area contributed by atoms with E-state index < -0.39 is 0 Å². The number of benzene rings is 2. The lowest BCUT2D eigenvalue weighted by Gasteiger charge is -2.11. The SMILES string of the molecule is CCCCCCc1cccc(C(=O)c2ccc(Cl)cc2)c1C. The van der Waals surface area contributed by atoms with E-state index in [-0.39, 0.29) is 5.78 Å². The molecule has 0 radical (unpaired) electrons. The summed E-state index contributed by atoms with van der Waals surface area (Å²) in [5.74, 6) is 0.0737. The van der Waals surface area contributed by atoms with E-state index in [1.54, 1.807) is 24.3 Å². The van der Waals surface area contributed by atoms with Gasteiger partial charge in [0.05, 0.1) is 0 Å². The summed E-state index contributed by atoms with van der Waals surface area (Å²) >= 11 is 5.89. The number of halogens is 1. The summed E-state index contributed by atoms with van der Waals surface area (Å²) in [6.45, 7) is 4.27. The summed E-state index contributed by atoms with van der Waals surface area (Å²) in [6.07, 6.45) is 6.02. The lowest BCUT2D eigenvalue weighted by atomic mass is 9.93. The molecule has 0 N–H and O–H groups in total. The Labute approximate surface area is 138 Å². The van der Waals surface area contributed by atoms with Gasteiger partial charge < -0.3 is 0 Å². The highest BCUT2D eigenvalue weighted by molar-refractivity contribution is 6.30. The Morgan fingerprint density at radius 3 is 2.41 bits per heavy atom. The van der Waals surface area contributed by atoms with E-state index in [1.807, 2.05) is 12.1 Å². The number of carbonyl (C=O) groups excluding carboxylic acids is 1. The summed E-state index contributed by atoms with van der Waals surface area (Å²) < 4.78 is 0. The molecular formula is C20H23ClO. The maximum atomic E-state index is 12.7. The van der Waals surface area contributed by atoms with Gasteiger partial charge in [-0.3, -0.25) is 4.79 Å². The first-order valence-electron chi connectivity index (χ1n) is 8.02. The van der Waals surface area contributed by atoms with Crippen molar-refractivity contribution in [1.82, 2.24) is 0 Å². The molecule has 0 amide bonds. The molecule has 0 aliphatic carbocycles. The van der Waals surface area contributed by atoms with Crippen LogP contribution in [-0.2, 0) is 6.42 Å². The second-order valence-electron chi connectivity index (χ2n) is 5.74. The molecule has 22 heavy (non-hydrogen) atoms. The third-order valence-electron chi connectivity index (χ3n) is 4.10. The number of carbonyl (C=O) groups is 1. The monoisotopic (exact) mass is 314 g/mol. The number of hydrogen-bond acceptors (Lipinski definition) is 1. The Balaban J connectivity index is 2.17. The predicted octanol–water partition coefficient (Wildman–Crippen LogP) is 6.00. The Morgan fingerprint density at radius 1 is 1.00 bits per heavy atom. The Kier molecular flexibility index (Phi) is 6.21. The Morgan fingerprint density at radius 2 is 1.73 bits per heavy atom. The first-order chi connectivity index (χ1) is 10.6. The average Bonchev–Trinajstić information content (AvgIpc) is 2.53. The minimum Gasteiger partial charge on any atom is -0.289 e. The zero-order chi connectivity index (χ0) is 15.9. The van der Waals surface area contributed by atoms with Gasteiger partial charge in [-0.15, -0.1) is 0 Å². The topological polar surface area (TPSA) is 17.1 Å². The number of unbranched alkanes of at least 4 members (excludes halogenated alkanes) is 3. The molecule has 0 aliphatic rings. The van der Waals surface area contributed by atoms with Crippen LogP contribution in [0.2, 0.25) is 5.02 Å². The zero-order valence-corrected chi connectivity index (χ0v) is 14.1. The molecule has 2 aromatic rings. The summed E-state index contributed by atoms with van der Waals surface area (Å²) in [5, 5.41) is 0.651. The van der Waals surface area contributed by atoms with Crippen molar-refractivity contribution in [3.8, 4) is 0 Å². The van der Waals surface area contributed by atoms with E-state index >= 15 is 0 Å². The lowest BCUT2D eigenvalue weighted by molar-refractivity contribution is 0.103. The minimum absolute atomic E-state index is 0.0737. The van der Waals surface area contributed by atoms with Crippen molar-refractivity contribution in [1.29, 1.82) is 0 Å². The smallest absolute Gasteiger partial charge is 0.193 e. The molecule has 0 heterocycles. The minimum atomic E-state index is 0.0737. The first-order valence-corrected chi connectivity index (χ1v) is 8.40. The number of aryl methyl sites for hydroxylation is 1. The van der Waals surface area contributed by atoms with E-state index in [1.165, 1.54) is 31.2 Å². The van der Waals surface area contributed by atoms with Gasteiger partial charge in [0, 0.05) is 16.1 Å². The predicted molar refractivity (Wildman–Crippen MR) is 93.9 cm³/mol. The maximum absolute atomic E-state index is 12.7. The standard InChI is InChI=1S/C20H23ClO/c1-3-4-5-6-8-16-9-7-10-19(15(16)2)20(22)17-11-13-18(21)14-12-17/h7,9-14H,3-6,8H2,1-2H3. The second kappa shape index (κ2) is 8.14. The molecule has 2 aromatic carbocycles. The van der Waals surface area contributed by atoms with Crippen molar-refractivity contribution in [2.45, 2.75) is 46.0 Å². The van der Waals surface area contributed by atoms with Crippen LogP contribution in [0, 0.1) is 6.92 Å². The van der Waals surface area contributed by atoms with Crippen LogP contribution in [0.1, 0.15) is 59.7 Å². The van der Waals surface area contributed by atoms with Crippen LogP contribution in [0.4, 0.5) is 0 Å². The van der Waals surface area contributed by atoms with Gasteiger partial charge in [0.25, 0.3) is 0 Å². The number of hydrogen-bond donors (Lipinski definition) is 0. The third kappa shape index (κ3) is 4.20. The van der Waals surface area contributed by atoms with Crippen LogP contribution < -0.4 is 0 Å².